The van der Waals surface area contributed by atoms with Gasteiger partial charge in [-0.25, -0.2) is 9.98 Å². The Bertz CT molecular complexity index is 785. The van der Waals surface area contributed by atoms with Gasteiger partial charge in [0.15, 0.2) is 11.1 Å². The lowest BCUT2D eigenvalue weighted by Gasteiger charge is -2.12. The molecule has 0 spiro atoms. The van der Waals surface area contributed by atoms with Gasteiger partial charge in [-0.3, -0.25) is 0 Å². The van der Waals surface area contributed by atoms with Crippen LogP contribution in [0.15, 0.2) is 16.4 Å². The van der Waals surface area contributed by atoms with E-state index in [0.717, 1.165) is 55.1 Å². The molecule has 0 radical (unpaired) electrons. The van der Waals surface area contributed by atoms with Crippen molar-refractivity contribution < 1.29 is 0 Å². The summed E-state index contributed by atoms with van der Waals surface area (Å²) in [6.07, 6.45) is 3.42. The van der Waals surface area contributed by atoms with Gasteiger partial charge in [-0.2, -0.15) is 0 Å². The van der Waals surface area contributed by atoms with E-state index in [-0.39, 0.29) is 24.0 Å². The highest BCUT2D eigenvalue weighted by Gasteiger charge is 2.15. The molecule has 156 valence electrons. The molecule has 0 saturated carbocycles. The molecule has 0 bridgehead atoms. The number of nitrogens with one attached hydrogen (secondary N) is 2. The topological polar surface area (TPSA) is 57.5 Å². The van der Waals surface area contributed by atoms with Crippen LogP contribution in [0, 0.1) is 0 Å². The summed E-state index contributed by atoms with van der Waals surface area (Å²) in [6.45, 7) is 6.41. The summed E-state index contributed by atoms with van der Waals surface area (Å²) in [7, 11) is 1.89. The number of hydrogen-bond donors (Lipinski definition) is 2. The number of anilines is 1. The number of aromatic nitrogens is 2. The van der Waals surface area contributed by atoms with E-state index in [1.165, 1.54) is 12.8 Å². The zero-order valence-corrected chi connectivity index (χ0v) is 20.8. The normalized spacial score (nSPS) is 14.3. The van der Waals surface area contributed by atoms with Crippen molar-refractivity contribution in [2.75, 3.05) is 31.1 Å². The summed E-state index contributed by atoms with van der Waals surface area (Å²) in [5.41, 5.74) is 2.10. The van der Waals surface area contributed by atoms with E-state index in [9.17, 15) is 0 Å². The lowest BCUT2D eigenvalue weighted by Crippen LogP contribution is -2.38. The van der Waals surface area contributed by atoms with Crippen molar-refractivity contribution >= 4 is 69.6 Å². The third-order valence-corrected chi connectivity index (χ3v) is 6.34. The zero-order chi connectivity index (χ0) is 19.2. The molecule has 1 aliphatic heterocycles. The smallest absolute Gasteiger partial charge is 0.191 e. The Hall–Kier alpha value is -0.710. The molecule has 0 aromatic carbocycles. The molecule has 2 aromatic rings. The van der Waals surface area contributed by atoms with E-state index in [0.29, 0.717) is 16.7 Å². The monoisotopic (exact) mass is 556 g/mol. The van der Waals surface area contributed by atoms with Crippen LogP contribution in [0.2, 0.25) is 10.2 Å². The van der Waals surface area contributed by atoms with Gasteiger partial charge < -0.3 is 20.1 Å². The van der Waals surface area contributed by atoms with Crippen LogP contribution in [0.1, 0.15) is 31.2 Å². The fourth-order valence-electron chi connectivity index (χ4n) is 3.02. The molecule has 1 fully saturated rings. The minimum absolute atomic E-state index is 0. The number of rotatable bonds is 7. The van der Waals surface area contributed by atoms with Crippen LogP contribution in [0.3, 0.4) is 0 Å². The molecule has 1 aliphatic rings. The fourth-order valence-corrected chi connectivity index (χ4v) is 4.35. The second-order valence-corrected chi connectivity index (χ2v) is 8.12. The first kappa shape index (κ1) is 23.6. The Morgan fingerprint density at radius 2 is 2.04 bits per heavy atom. The molecule has 3 rings (SSSR count). The Labute approximate surface area is 197 Å². The molecule has 28 heavy (non-hydrogen) atoms. The molecule has 6 nitrogen and oxygen atoms in total. The van der Waals surface area contributed by atoms with Gasteiger partial charge in [0.2, 0.25) is 0 Å². The Balaban J connectivity index is 0.00000280. The average molecular weight is 557 g/mol. The highest BCUT2D eigenvalue weighted by atomic mass is 127. The molecule has 3 heterocycles. The van der Waals surface area contributed by atoms with Gasteiger partial charge in [0.05, 0.1) is 17.3 Å². The van der Waals surface area contributed by atoms with Crippen molar-refractivity contribution in [2.45, 2.75) is 32.7 Å². The van der Waals surface area contributed by atoms with E-state index in [1.807, 2.05) is 17.7 Å². The van der Waals surface area contributed by atoms with Crippen LogP contribution in [0.4, 0.5) is 5.13 Å². The number of guanidine groups is 1. The number of halogens is 3. The first-order valence-corrected chi connectivity index (χ1v) is 10.9. The molecule has 0 atom stereocenters. The number of hydrogen-bond acceptors (Lipinski definition) is 4. The van der Waals surface area contributed by atoms with E-state index in [2.05, 4.69) is 32.8 Å². The predicted molar refractivity (Wildman–Crippen MR) is 131 cm³/mol. The summed E-state index contributed by atoms with van der Waals surface area (Å²) < 4.78 is 1.85. The summed E-state index contributed by atoms with van der Waals surface area (Å²) in [6, 6.07) is 1.85. The number of aliphatic imine (C=N–C) groups is 1. The van der Waals surface area contributed by atoms with Crippen LogP contribution in [-0.2, 0) is 20.0 Å². The van der Waals surface area contributed by atoms with Gasteiger partial charge in [0, 0.05) is 50.7 Å². The SMILES string of the molecule is CCNC(=NCc1cc(Cl)c(Cl)n1C)NCCc1csc(N2CCCC2)n1.I. The third-order valence-electron chi connectivity index (χ3n) is 4.55. The Kier molecular flexibility index (Phi) is 9.65. The Morgan fingerprint density at radius 1 is 1.29 bits per heavy atom. The summed E-state index contributed by atoms with van der Waals surface area (Å²) in [5.74, 6) is 0.779. The molecule has 1 saturated heterocycles. The Morgan fingerprint density at radius 3 is 2.68 bits per heavy atom. The molecular formula is C18H27Cl2IN6S. The molecule has 2 N–H and O–H groups in total. The largest absolute Gasteiger partial charge is 0.357 e. The lowest BCUT2D eigenvalue weighted by molar-refractivity contribution is 0.774. The summed E-state index contributed by atoms with van der Waals surface area (Å²) >= 11 is 13.9. The van der Waals surface area contributed by atoms with Gasteiger partial charge in [0.25, 0.3) is 0 Å². The fraction of sp³-hybridized carbons (Fsp3) is 0.556. The first-order valence-electron chi connectivity index (χ1n) is 9.29. The molecular weight excluding hydrogens is 530 g/mol. The van der Waals surface area contributed by atoms with E-state index >= 15 is 0 Å². The summed E-state index contributed by atoms with van der Waals surface area (Å²) in [5, 5.41) is 11.0. The van der Waals surface area contributed by atoms with Crippen LogP contribution in [-0.4, -0.2) is 41.7 Å². The van der Waals surface area contributed by atoms with Gasteiger partial charge in [-0.1, -0.05) is 23.2 Å². The molecule has 2 aromatic heterocycles. The predicted octanol–water partition coefficient (Wildman–Crippen LogP) is 4.30. The maximum Gasteiger partial charge on any atom is 0.191 e. The molecule has 0 amide bonds. The van der Waals surface area contributed by atoms with Gasteiger partial charge in [0.1, 0.15) is 5.15 Å². The lowest BCUT2D eigenvalue weighted by atomic mass is 10.3. The van der Waals surface area contributed by atoms with Gasteiger partial charge >= 0.3 is 0 Å². The highest BCUT2D eigenvalue weighted by molar-refractivity contribution is 14.0. The van der Waals surface area contributed by atoms with Crippen molar-refractivity contribution in [1.82, 2.24) is 20.2 Å². The van der Waals surface area contributed by atoms with Crippen molar-refractivity contribution in [3.05, 3.63) is 33.0 Å². The standard InChI is InChI=1S/C18H26Cl2N6S.HI/c1-3-21-17(23-11-14-10-15(19)16(20)25(14)2)22-7-6-13-12-27-18(24-13)26-8-4-5-9-26;/h10,12H,3-9,11H2,1-2H3,(H2,21,22,23);1H. The third kappa shape index (κ3) is 6.14. The molecule has 10 heteroatoms. The summed E-state index contributed by atoms with van der Waals surface area (Å²) in [4.78, 5) is 11.8. The van der Waals surface area contributed by atoms with Gasteiger partial charge in [-0.05, 0) is 25.8 Å². The van der Waals surface area contributed by atoms with E-state index < -0.39 is 0 Å². The van der Waals surface area contributed by atoms with Crippen molar-refractivity contribution in [3.63, 3.8) is 0 Å². The average Bonchev–Trinajstić information content (AvgIpc) is 3.38. The first-order chi connectivity index (χ1) is 13.1. The number of nitrogens with zero attached hydrogens (tertiary/aromatic N) is 4. The van der Waals surface area contributed by atoms with Crippen LogP contribution in [0.5, 0.6) is 0 Å². The minimum atomic E-state index is 0. The number of thiazole rings is 1. The molecule has 0 aliphatic carbocycles. The van der Waals surface area contributed by atoms with Crippen LogP contribution in [0.25, 0.3) is 0 Å². The van der Waals surface area contributed by atoms with Gasteiger partial charge in [-0.15, -0.1) is 35.3 Å². The molecule has 0 unspecified atom stereocenters. The van der Waals surface area contributed by atoms with Crippen molar-refractivity contribution in [2.24, 2.45) is 12.0 Å². The van der Waals surface area contributed by atoms with Crippen molar-refractivity contribution in [3.8, 4) is 0 Å². The van der Waals surface area contributed by atoms with Crippen molar-refractivity contribution in [1.29, 1.82) is 0 Å². The maximum absolute atomic E-state index is 6.12. The second-order valence-electron chi connectivity index (χ2n) is 6.52. The maximum atomic E-state index is 6.12. The zero-order valence-electron chi connectivity index (χ0n) is 16.2. The van der Waals surface area contributed by atoms with E-state index in [4.69, 9.17) is 28.2 Å². The second kappa shape index (κ2) is 11.5. The van der Waals surface area contributed by atoms with Crippen LogP contribution >= 0.6 is 58.5 Å². The highest BCUT2D eigenvalue weighted by Crippen LogP contribution is 2.26. The minimum Gasteiger partial charge on any atom is -0.357 e. The quantitative estimate of drug-likeness (QED) is 0.303. The van der Waals surface area contributed by atoms with Crippen LogP contribution < -0.4 is 15.5 Å². The van der Waals surface area contributed by atoms with E-state index in [1.54, 1.807) is 11.3 Å².